The quantitative estimate of drug-likeness (QED) is 0.787. The summed E-state index contributed by atoms with van der Waals surface area (Å²) < 4.78 is 1.93. The van der Waals surface area contributed by atoms with E-state index in [1.807, 2.05) is 34.7 Å². The highest BCUT2D eigenvalue weighted by Crippen LogP contribution is 2.22. The van der Waals surface area contributed by atoms with Crippen LogP contribution in [0.4, 0.5) is 0 Å². The third kappa shape index (κ3) is 2.11. The van der Waals surface area contributed by atoms with E-state index in [9.17, 15) is 4.79 Å². The van der Waals surface area contributed by atoms with Crippen molar-refractivity contribution in [2.75, 3.05) is 13.1 Å². The number of para-hydroxylation sites is 1. The van der Waals surface area contributed by atoms with E-state index in [4.69, 9.17) is 0 Å². The zero-order valence-electron chi connectivity index (χ0n) is 11.5. The Morgan fingerprint density at radius 1 is 1.42 bits per heavy atom. The fourth-order valence-corrected chi connectivity index (χ4v) is 2.93. The van der Waals surface area contributed by atoms with Crippen molar-refractivity contribution in [1.82, 2.24) is 14.5 Å². The number of rotatable bonds is 1. The zero-order valence-corrected chi connectivity index (χ0v) is 11.5. The average Bonchev–Trinajstić information content (AvgIpc) is 2.80. The molecule has 1 atom stereocenters. The van der Waals surface area contributed by atoms with E-state index >= 15 is 0 Å². The molecule has 1 aromatic heterocycles. The van der Waals surface area contributed by atoms with Crippen molar-refractivity contribution >= 4 is 16.9 Å². The normalized spacial score (nSPS) is 19.9. The third-order valence-electron chi connectivity index (χ3n) is 3.91. The summed E-state index contributed by atoms with van der Waals surface area (Å²) in [5.74, 6) is 0.740. The van der Waals surface area contributed by atoms with Crippen LogP contribution >= 0.6 is 0 Å². The molecule has 3 rings (SSSR count). The molecule has 0 N–H and O–H groups in total. The standard InChI is InChI=1S/C15H19N3O/c1-11-5-4-8-18(9-11)15(19)12-6-3-7-13-14(12)17(2)10-16-13/h3,6-7,10-11H,4-5,8-9H2,1-2H3. The van der Waals surface area contributed by atoms with Crippen LogP contribution in [-0.2, 0) is 7.05 Å². The minimum absolute atomic E-state index is 0.140. The summed E-state index contributed by atoms with van der Waals surface area (Å²) in [5, 5.41) is 0. The third-order valence-corrected chi connectivity index (χ3v) is 3.91. The second-order valence-corrected chi connectivity index (χ2v) is 5.53. The Morgan fingerprint density at radius 3 is 3.05 bits per heavy atom. The Labute approximate surface area is 113 Å². The van der Waals surface area contributed by atoms with Crippen LogP contribution in [0.5, 0.6) is 0 Å². The van der Waals surface area contributed by atoms with E-state index in [0.29, 0.717) is 5.92 Å². The molecule has 0 aliphatic carbocycles. The van der Waals surface area contributed by atoms with E-state index < -0.39 is 0 Å². The molecular weight excluding hydrogens is 238 g/mol. The van der Waals surface area contributed by atoms with Gasteiger partial charge in [0.05, 0.1) is 22.9 Å². The van der Waals surface area contributed by atoms with Gasteiger partial charge in [-0.1, -0.05) is 13.0 Å². The predicted octanol–water partition coefficient (Wildman–Crippen LogP) is 2.45. The van der Waals surface area contributed by atoms with Gasteiger partial charge in [-0.3, -0.25) is 4.79 Å². The second-order valence-electron chi connectivity index (χ2n) is 5.53. The number of carbonyl (C=O) groups is 1. The lowest BCUT2D eigenvalue weighted by atomic mass is 9.99. The van der Waals surface area contributed by atoms with Gasteiger partial charge in [-0.05, 0) is 30.9 Å². The van der Waals surface area contributed by atoms with Gasteiger partial charge in [0.1, 0.15) is 0 Å². The molecule has 19 heavy (non-hydrogen) atoms. The SMILES string of the molecule is CC1CCCN(C(=O)c2cccc3ncn(C)c23)C1. The molecule has 1 aliphatic heterocycles. The van der Waals surface area contributed by atoms with Crippen LogP contribution in [0.1, 0.15) is 30.1 Å². The number of nitrogens with zero attached hydrogens (tertiary/aromatic N) is 3. The van der Waals surface area contributed by atoms with Crippen LogP contribution in [0.25, 0.3) is 11.0 Å². The molecule has 0 bridgehead atoms. The fraction of sp³-hybridized carbons (Fsp3) is 0.467. The molecule has 4 heteroatoms. The monoisotopic (exact) mass is 257 g/mol. The maximum atomic E-state index is 12.7. The first-order chi connectivity index (χ1) is 9.16. The summed E-state index contributed by atoms with van der Waals surface area (Å²) in [6.07, 6.45) is 4.09. The summed E-state index contributed by atoms with van der Waals surface area (Å²) >= 11 is 0. The van der Waals surface area contributed by atoms with Crippen molar-refractivity contribution in [2.24, 2.45) is 13.0 Å². The van der Waals surface area contributed by atoms with Crippen molar-refractivity contribution in [3.63, 3.8) is 0 Å². The van der Waals surface area contributed by atoms with Crippen LogP contribution in [0.15, 0.2) is 24.5 Å². The van der Waals surface area contributed by atoms with Gasteiger partial charge in [0.25, 0.3) is 5.91 Å². The van der Waals surface area contributed by atoms with E-state index in [1.165, 1.54) is 6.42 Å². The summed E-state index contributed by atoms with van der Waals surface area (Å²) in [6.45, 7) is 3.95. The maximum absolute atomic E-state index is 12.7. The number of piperidine rings is 1. The number of aryl methyl sites for hydroxylation is 1. The first kappa shape index (κ1) is 12.2. The molecule has 1 fully saturated rings. The molecule has 4 nitrogen and oxygen atoms in total. The number of fused-ring (bicyclic) bond motifs is 1. The van der Waals surface area contributed by atoms with E-state index in [1.54, 1.807) is 6.33 Å². The van der Waals surface area contributed by atoms with Gasteiger partial charge in [-0.2, -0.15) is 0 Å². The van der Waals surface area contributed by atoms with Gasteiger partial charge in [0.2, 0.25) is 0 Å². The maximum Gasteiger partial charge on any atom is 0.256 e. The predicted molar refractivity (Wildman–Crippen MR) is 75.0 cm³/mol. The molecule has 1 aliphatic rings. The van der Waals surface area contributed by atoms with Gasteiger partial charge < -0.3 is 9.47 Å². The molecule has 1 unspecified atom stereocenters. The van der Waals surface area contributed by atoms with Crippen molar-refractivity contribution in [2.45, 2.75) is 19.8 Å². The Balaban J connectivity index is 1.99. The highest BCUT2D eigenvalue weighted by atomic mass is 16.2. The molecule has 1 amide bonds. The first-order valence-corrected chi connectivity index (χ1v) is 6.86. The van der Waals surface area contributed by atoms with Crippen LogP contribution in [0, 0.1) is 5.92 Å². The molecule has 1 saturated heterocycles. The second kappa shape index (κ2) is 4.68. The fourth-order valence-electron chi connectivity index (χ4n) is 2.93. The number of hydrogen-bond donors (Lipinski definition) is 0. The number of carbonyl (C=O) groups excluding carboxylic acids is 1. The highest BCUT2D eigenvalue weighted by molar-refractivity contribution is 6.05. The molecular formula is C15H19N3O. The molecule has 0 saturated carbocycles. The average molecular weight is 257 g/mol. The molecule has 2 heterocycles. The Kier molecular flexibility index (Phi) is 3.01. The van der Waals surface area contributed by atoms with E-state index in [0.717, 1.165) is 36.1 Å². The number of amides is 1. The lowest BCUT2D eigenvalue weighted by Gasteiger charge is -2.31. The summed E-state index contributed by atoms with van der Waals surface area (Å²) in [5.41, 5.74) is 2.59. The van der Waals surface area contributed by atoms with Crippen molar-refractivity contribution in [3.05, 3.63) is 30.1 Å². The lowest BCUT2D eigenvalue weighted by molar-refractivity contribution is 0.0684. The summed E-state index contributed by atoms with van der Waals surface area (Å²) in [7, 11) is 1.94. The van der Waals surface area contributed by atoms with Gasteiger partial charge >= 0.3 is 0 Å². The minimum atomic E-state index is 0.140. The number of imidazole rings is 1. The zero-order chi connectivity index (χ0) is 13.4. The van der Waals surface area contributed by atoms with Crippen molar-refractivity contribution in [1.29, 1.82) is 0 Å². The number of aromatic nitrogens is 2. The Morgan fingerprint density at radius 2 is 2.26 bits per heavy atom. The van der Waals surface area contributed by atoms with Gasteiger partial charge in [0.15, 0.2) is 0 Å². The first-order valence-electron chi connectivity index (χ1n) is 6.86. The van der Waals surface area contributed by atoms with Crippen LogP contribution in [0.3, 0.4) is 0 Å². The number of benzene rings is 1. The van der Waals surface area contributed by atoms with Crippen LogP contribution in [-0.4, -0.2) is 33.4 Å². The summed E-state index contributed by atoms with van der Waals surface area (Å²) in [6, 6.07) is 5.77. The Hall–Kier alpha value is -1.84. The van der Waals surface area contributed by atoms with E-state index in [2.05, 4.69) is 11.9 Å². The topological polar surface area (TPSA) is 38.1 Å². The van der Waals surface area contributed by atoms with Crippen LogP contribution in [0.2, 0.25) is 0 Å². The van der Waals surface area contributed by atoms with Crippen molar-refractivity contribution in [3.8, 4) is 0 Å². The number of hydrogen-bond acceptors (Lipinski definition) is 2. The van der Waals surface area contributed by atoms with Crippen molar-refractivity contribution < 1.29 is 4.79 Å². The smallest absolute Gasteiger partial charge is 0.256 e. The highest BCUT2D eigenvalue weighted by Gasteiger charge is 2.24. The van der Waals surface area contributed by atoms with E-state index in [-0.39, 0.29) is 5.91 Å². The van der Waals surface area contributed by atoms with Crippen LogP contribution < -0.4 is 0 Å². The van der Waals surface area contributed by atoms with Gasteiger partial charge in [-0.25, -0.2) is 4.98 Å². The molecule has 0 radical (unpaired) electrons. The largest absolute Gasteiger partial charge is 0.338 e. The minimum Gasteiger partial charge on any atom is -0.338 e. The number of likely N-dealkylation sites (tertiary alicyclic amines) is 1. The summed E-state index contributed by atoms with van der Waals surface area (Å²) in [4.78, 5) is 19.0. The molecule has 1 aromatic carbocycles. The molecule has 0 spiro atoms. The Bertz CT molecular complexity index is 617. The molecule has 2 aromatic rings. The van der Waals surface area contributed by atoms with Gasteiger partial charge in [-0.15, -0.1) is 0 Å². The lowest BCUT2D eigenvalue weighted by Crippen LogP contribution is -2.39. The van der Waals surface area contributed by atoms with Gasteiger partial charge in [0, 0.05) is 20.1 Å². The molecule has 100 valence electrons.